The number of allylic oxidation sites excluding steroid dienone is 2. The van der Waals surface area contributed by atoms with Gasteiger partial charge in [-0.3, -0.25) is 0 Å². The first kappa shape index (κ1) is 28.4. The lowest BCUT2D eigenvalue weighted by molar-refractivity contribution is -0.295. The lowest BCUT2D eigenvalue weighted by Crippen LogP contribution is -2.60. The van der Waals surface area contributed by atoms with E-state index < -0.39 is 18.5 Å². The largest absolute Gasteiger partial charge is 0.390 e. The van der Waals surface area contributed by atoms with Crippen LogP contribution in [-0.2, 0) is 33.2 Å². The second-order valence-electron chi connectivity index (χ2n) is 9.01. The Bertz CT molecular complexity index is 634. The fourth-order valence-corrected chi connectivity index (χ4v) is 4.83. The van der Waals surface area contributed by atoms with E-state index in [2.05, 4.69) is 13.8 Å². The van der Waals surface area contributed by atoms with Gasteiger partial charge in [-0.25, -0.2) is 0 Å². The molecule has 0 radical (unpaired) electrons. The molecule has 1 N–H and O–H groups in total. The van der Waals surface area contributed by atoms with Gasteiger partial charge >= 0.3 is 0 Å². The Morgan fingerprint density at radius 3 is 2.06 bits per heavy atom. The highest BCUT2D eigenvalue weighted by molar-refractivity contribution is 5.19. The lowest BCUT2D eigenvalue weighted by Gasteiger charge is -2.44. The van der Waals surface area contributed by atoms with Gasteiger partial charge in [0, 0.05) is 47.4 Å². The molecule has 2 aliphatic heterocycles. The number of methoxy groups -OCH3 is 5. The Balaban J connectivity index is 2.02. The summed E-state index contributed by atoms with van der Waals surface area (Å²) in [5.41, 5.74) is 0.957. The predicted octanol–water partition coefficient (Wildman–Crippen LogP) is 2.73. The molecule has 8 nitrogen and oxygen atoms in total. The molecule has 0 aromatic heterocycles. The highest BCUT2D eigenvalue weighted by atomic mass is 16.7. The van der Waals surface area contributed by atoms with Gasteiger partial charge in [0.1, 0.15) is 30.5 Å². The van der Waals surface area contributed by atoms with E-state index in [9.17, 15) is 5.11 Å². The summed E-state index contributed by atoms with van der Waals surface area (Å²) in [4.78, 5) is 0. The number of rotatable bonds is 13. The van der Waals surface area contributed by atoms with E-state index in [4.69, 9.17) is 33.2 Å². The van der Waals surface area contributed by atoms with Gasteiger partial charge in [-0.1, -0.05) is 39.0 Å². The SMILES string of the molecule is CC[C@H](OC)[C@@H](C)[C@H]1O[C@@H]1[C@H](O)[C@@H](C)/C=C/C=C(\C)[C@@H]1O[C@@H](OC)[C@H](OC)[C@@H](OC)[C@@H]1OC. The first-order valence-corrected chi connectivity index (χ1v) is 11.8. The molecule has 0 bridgehead atoms. The molecule has 0 amide bonds. The van der Waals surface area contributed by atoms with Crippen LogP contribution in [0.2, 0.25) is 0 Å². The van der Waals surface area contributed by atoms with E-state index in [1.807, 2.05) is 32.1 Å². The van der Waals surface area contributed by atoms with E-state index >= 15 is 0 Å². The number of hydrogen-bond donors (Lipinski definition) is 1. The van der Waals surface area contributed by atoms with Crippen molar-refractivity contribution in [2.75, 3.05) is 35.5 Å². The first-order chi connectivity index (χ1) is 15.8. The first-order valence-electron chi connectivity index (χ1n) is 11.8. The molecule has 0 saturated carbocycles. The average Bonchev–Trinajstić information content (AvgIpc) is 3.63. The van der Waals surface area contributed by atoms with Crippen molar-refractivity contribution in [3.05, 3.63) is 23.8 Å². The smallest absolute Gasteiger partial charge is 0.186 e. The molecule has 0 aromatic rings. The highest BCUT2D eigenvalue weighted by Gasteiger charge is 2.50. The molecule has 11 atom stereocenters. The Kier molecular flexibility index (Phi) is 11.4. The molecule has 192 valence electrons. The van der Waals surface area contributed by atoms with Gasteiger partial charge < -0.3 is 38.3 Å². The zero-order valence-electron chi connectivity index (χ0n) is 21.6. The van der Waals surface area contributed by atoms with E-state index in [0.717, 1.165) is 12.0 Å². The van der Waals surface area contributed by atoms with Crippen LogP contribution in [0.3, 0.4) is 0 Å². The number of aliphatic hydroxyl groups is 1. The third-order valence-corrected chi connectivity index (χ3v) is 7.01. The molecule has 2 fully saturated rings. The van der Waals surface area contributed by atoms with Crippen molar-refractivity contribution in [3.63, 3.8) is 0 Å². The molecule has 2 heterocycles. The quantitative estimate of drug-likeness (QED) is 0.323. The van der Waals surface area contributed by atoms with Crippen LogP contribution in [0.4, 0.5) is 0 Å². The molecular formula is C25H44O8. The third kappa shape index (κ3) is 6.64. The maximum atomic E-state index is 10.8. The van der Waals surface area contributed by atoms with Crippen LogP contribution in [0.15, 0.2) is 23.8 Å². The Morgan fingerprint density at radius 1 is 0.909 bits per heavy atom. The van der Waals surface area contributed by atoms with Crippen molar-refractivity contribution < 1.29 is 38.3 Å². The van der Waals surface area contributed by atoms with Crippen LogP contribution in [-0.4, -0.2) is 95.8 Å². The van der Waals surface area contributed by atoms with Crippen LogP contribution in [0, 0.1) is 11.8 Å². The van der Waals surface area contributed by atoms with Crippen molar-refractivity contribution >= 4 is 0 Å². The van der Waals surface area contributed by atoms with Gasteiger partial charge in [0.25, 0.3) is 0 Å². The molecule has 0 aliphatic carbocycles. The van der Waals surface area contributed by atoms with Crippen LogP contribution in [0.5, 0.6) is 0 Å². The molecule has 0 aromatic carbocycles. The predicted molar refractivity (Wildman–Crippen MR) is 125 cm³/mol. The van der Waals surface area contributed by atoms with Crippen molar-refractivity contribution in [2.45, 2.75) is 89.2 Å². The van der Waals surface area contributed by atoms with Gasteiger partial charge in [-0.05, 0) is 18.9 Å². The van der Waals surface area contributed by atoms with Crippen LogP contribution >= 0.6 is 0 Å². The minimum Gasteiger partial charge on any atom is -0.390 e. The fourth-order valence-electron chi connectivity index (χ4n) is 4.83. The topological polar surface area (TPSA) is 88.1 Å². The zero-order valence-corrected chi connectivity index (χ0v) is 21.6. The molecule has 0 spiro atoms. The van der Waals surface area contributed by atoms with Gasteiger partial charge in [0.15, 0.2) is 6.29 Å². The minimum absolute atomic E-state index is 0.0295. The average molecular weight is 473 g/mol. The second kappa shape index (κ2) is 13.3. The molecule has 2 rings (SSSR count). The minimum atomic E-state index is -0.576. The summed E-state index contributed by atoms with van der Waals surface area (Å²) in [6.07, 6.45) is 4.20. The maximum Gasteiger partial charge on any atom is 0.186 e. The standard InChI is InChI=1S/C25H44O8/c1-10-17(27-5)16(4)20-21(32-20)18(26)14(2)12-11-13-15(3)19-22(28-6)23(29-7)24(30-8)25(31-9)33-19/h11-14,16-26H,10H2,1-9H3/b12-11+,15-13+/t14-,16+,17-,18+,19-,20+,21+,22+,23-,24+,25+/m0/s1. The van der Waals surface area contributed by atoms with Crippen LogP contribution < -0.4 is 0 Å². The van der Waals surface area contributed by atoms with E-state index in [0.29, 0.717) is 0 Å². The van der Waals surface area contributed by atoms with Gasteiger partial charge in [-0.2, -0.15) is 0 Å². The fraction of sp³-hybridized carbons (Fsp3) is 0.840. The van der Waals surface area contributed by atoms with Gasteiger partial charge in [0.2, 0.25) is 0 Å². The molecular weight excluding hydrogens is 428 g/mol. The molecule has 2 saturated heterocycles. The Labute approximate surface area is 199 Å². The van der Waals surface area contributed by atoms with Crippen molar-refractivity contribution in [1.29, 1.82) is 0 Å². The highest BCUT2D eigenvalue weighted by Crippen LogP contribution is 2.37. The molecule has 8 heteroatoms. The van der Waals surface area contributed by atoms with Gasteiger partial charge in [0.05, 0.1) is 18.3 Å². The van der Waals surface area contributed by atoms with E-state index in [-0.39, 0.29) is 48.5 Å². The monoisotopic (exact) mass is 472 g/mol. The summed E-state index contributed by atoms with van der Waals surface area (Å²) >= 11 is 0. The normalized spacial score (nSPS) is 36.5. The van der Waals surface area contributed by atoms with Crippen LogP contribution in [0.1, 0.15) is 34.1 Å². The van der Waals surface area contributed by atoms with E-state index in [1.54, 1.807) is 35.5 Å². The van der Waals surface area contributed by atoms with Crippen molar-refractivity contribution in [2.24, 2.45) is 11.8 Å². The maximum absolute atomic E-state index is 10.8. The molecule has 2 aliphatic rings. The third-order valence-electron chi connectivity index (χ3n) is 7.01. The van der Waals surface area contributed by atoms with E-state index in [1.165, 1.54) is 0 Å². The lowest BCUT2D eigenvalue weighted by atomic mass is 9.91. The summed E-state index contributed by atoms with van der Waals surface area (Å²) in [5, 5.41) is 10.8. The zero-order chi connectivity index (χ0) is 24.7. The second-order valence-corrected chi connectivity index (χ2v) is 9.01. The van der Waals surface area contributed by atoms with Crippen molar-refractivity contribution in [1.82, 2.24) is 0 Å². The Morgan fingerprint density at radius 2 is 1.55 bits per heavy atom. The number of hydrogen-bond acceptors (Lipinski definition) is 8. The number of ether oxygens (including phenoxy) is 7. The van der Waals surface area contributed by atoms with Crippen molar-refractivity contribution in [3.8, 4) is 0 Å². The summed E-state index contributed by atoms with van der Waals surface area (Å²) in [6, 6.07) is 0. The summed E-state index contributed by atoms with van der Waals surface area (Å²) in [5.74, 6) is 0.173. The van der Waals surface area contributed by atoms with Crippen LogP contribution in [0.25, 0.3) is 0 Å². The summed E-state index contributed by atoms with van der Waals surface area (Å²) in [7, 11) is 8.17. The summed E-state index contributed by atoms with van der Waals surface area (Å²) in [6.45, 7) is 8.18. The number of epoxide rings is 1. The molecule has 33 heavy (non-hydrogen) atoms. The molecule has 0 unspecified atom stereocenters. The summed E-state index contributed by atoms with van der Waals surface area (Å²) < 4.78 is 39.9. The number of aliphatic hydroxyl groups excluding tert-OH is 1. The van der Waals surface area contributed by atoms with Gasteiger partial charge in [-0.15, -0.1) is 0 Å². The Hall–Kier alpha value is -0.840.